The minimum Gasteiger partial charge on any atom is -0.466 e. The summed E-state index contributed by atoms with van der Waals surface area (Å²) in [5.74, 6) is -0.944. The molecule has 0 aliphatic carbocycles. The normalized spacial score (nSPS) is 18.6. The molecule has 0 radical (unpaired) electrons. The molecule has 6 nitrogen and oxygen atoms in total. The number of nitriles is 1. The van der Waals surface area contributed by atoms with Crippen molar-refractivity contribution in [2.75, 3.05) is 20.3 Å². The van der Waals surface area contributed by atoms with E-state index in [1.54, 1.807) is 12.1 Å². The first kappa shape index (κ1) is 16.6. The van der Waals surface area contributed by atoms with Gasteiger partial charge in [-0.2, -0.15) is 15.5 Å². The number of methoxy groups -OCH3 is 1. The molecule has 1 aromatic rings. The molecule has 0 amide bonds. The van der Waals surface area contributed by atoms with Crippen LogP contribution in [0.3, 0.4) is 0 Å². The number of esters is 1. The average molecular weight is 366 g/mol. The van der Waals surface area contributed by atoms with Gasteiger partial charge in [-0.3, -0.25) is 0 Å². The number of hydrogen-bond donors (Lipinski definition) is 0. The monoisotopic (exact) mass is 365 g/mol. The third kappa shape index (κ3) is 3.51. The predicted molar refractivity (Wildman–Crippen MR) is 82.6 cm³/mol. The van der Waals surface area contributed by atoms with Gasteiger partial charge in [0, 0.05) is 23.6 Å². The number of hydrogen-bond acceptors (Lipinski definition) is 6. The molecular weight excluding hydrogens is 350 g/mol. The van der Waals surface area contributed by atoms with Crippen molar-refractivity contribution in [1.82, 2.24) is 0 Å². The lowest BCUT2D eigenvalue weighted by molar-refractivity contribution is -0.148. The maximum atomic E-state index is 12.2. The Morgan fingerprint density at radius 1 is 1.41 bits per heavy atom. The van der Waals surface area contributed by atoms with E-state index in [1.807, 2.05) is 18.2 Å². The molecule has 1 fully saturated rings. The highest BCUT2D eigenvalue weighted by Gasteiger charge is 2.49. The van der Waals surface area contributed by atoms with Gasteiger partial charge in [-0.15, -0.1) is 0 Å². The number of nitrogens with zero attached hydrogens (tertiary/aromatic N) is 3. The SMILES string of the molecule is COC(=O)C(C#N)(N=Nc1ccc(Br)cc1)C1CCOCC1. The molecule has 0 N–H and O–H groups in total. The molecule has 0 aromatic heterocycles. The second kappa shape index (κ2) is 7.47. The maximum Gasteiger partial charge on any atom is 0.350 e. The van der Waals surface area contributed by atoms with E-state index in [2.05, 4.69) is 26.2 Å². The zero-order valence-corrected chi connectivity index (χ0v) is 13.7. The Kier molecular flexibility index (Phi) is 5.63. The number of carbonyl (C=O) groups excluding carboxylic acids is 1. The van der Waals surface area contributed by atoms with Crippen LogP contribution in [0.5, 0.6) is 0 Å². The van der Waals surface area contributed by atoms with Gasteiger partial charge in [0.2, 0.25) is 0 Å². The molecule has 1 saturated heterocycles. The molecule has 0 saturated carbocycles. The summed E-state index contributed by atoms with van der Waals surface area (Å²) in [7, 11) is 1.25. The van der Waals surface area contributed by atoms with Crippen molar-refractivity contribution in [1.29, 1.82) is 5.26 Å². The second-order valence-corrected chi connectivity index (χ2v) is 5.85. The van der Waals surface area contributed by atoms with Gasteiger partial charge in [-0.05, 0) is 37.1 Å². The molecule has 7 heteroatoms. The summed E-state index contributed by atoms with van der Waals surface area (Å²) >= 11 is 3.33. The topological polar surface area (TPSA) is 84.0 Å². The van der Waals surface area contributed by atoms with Gasteiger partial charge in [0.15, 0.2) is 0 Å². The Hall–Kier alpha value is -1.78. The van der Waals surface area contributed by atoms with Crippen molar-refractivity contribution in [3.63, 3.8) is 0 Å². The van der Waals surface area contributed by atoms with Crippen LogP contribution in [-0.4, -0.2) is 31.8 Å². The molecule has 22 heavy (non-hydrogen) atoms. The molecule has 0 spiro atoms. The van der Waals surface area contributed by atoms with Crippen molar-refractivity contribution in [3.05, 3.63) is 28.7 Å². The Morgan fingerprint density at radius 2 is 2.05 bits per heavy atom. The quantitative estimate of drug-likeness (QED) is 0.604. The van der Waals surface area contributed by atoms with Gasteiger partial charge in [0.1, 0.15) is 6.07 Å². The van der Waals surface area contributed by atoms with Crippen LogP contribution in [0.15, 0.2) is 39.0 Å². The lowest BCUT2D eigenvalue weighted by atomic mass is 9.80. The van der Waals surface area contributed by atoms with E-state index in [1.165, 1.54) is 7.11 Å². The van der Waals surface area contributed by atoms with E-state index in [4.69, 9.17) is 9.47 Å². The first-order valence-electron chi connectivity index (χ1n) is 6.88. The van der Waals surface area contributed by atoms with Gasteiger partial charge in [0.25, 0.3) is 5.54 Å². The standard InChI is InChI=1S/C15H16BrN3O3/c1-21-14(20)15(10-17,11-6-8-22-9-7-11)19-18-13-4-2-12(16)3-5-13/h2-5,11H,6-9H2,1H3. The van der Waals surface area contributed by atoms with Gasteiger partial charge < -0.3 is 9.47 Å². The summed E-state index contributed by atoms with van der Waals surface area (Å²) in [6.07, 6.45) is 1.14. The molecule has 1 aliphatic rings. The summed E-state index contributed by atoms with van der Waals surface area (Å²) in [5.41, 5.74) is -1.05. The van der Waals surface area contributed by atoms with Gasteiger partial charge >= 0.3 is 5.97 Å². The highest BCUT2D eigenvalue weighted by atomic mass is 79.9. The zero-order chi connectivity index (χ0) is 16.0. The van der Waals surface area contributed by atoms with Crippen molar-refractivity contribution in [2.45, 2.75) is 18.4 Å². The fraction of sp³-hybridized carbons (Fsp3) is 0.467. The summed E-state index contributed by atoms with van der Waals surface area (Å²) in [4.78, 5) is 12.2. The second-order valence-electron chi connectivity index (χ2n) is 4.93. The van der Waals surface area contributed by atoms with E-state index in [9.17, 15) is 10.1 Å². The van der Waals surface area contributed by atoms with Crippen molar-refractivity contribution >= 4 is 27.6 Å². The molecular formula is C15H16BrN3O3. The summed E-state index contributed by atoms with van der Waals surface area (Å²) in [6.45, 7) is 0.998. The molecule has 1 aromatic carbocycles. The van der Waals surface area contributed by atoms with Crippen LogP contribution in [0.2, 0.25) is 0 Å². The molecule has 2 rings (SSSR count). The highest BCUT2D eigenvalue weighted by Crippen LogP contribution is 2.33. The number of benzene rings is 1. The molecule has 1 unspecified atom stereocenters. The first-order chi connectivity index (χ1) is 10.6. The lowest BCUT2D eigenvalue weighted by Gasteiger charge is -2.30. The lowest BCUT2D eigenvalue weighted by Crippen LogP contribution is -2.45. The van der Waals surface area contributed by atoms with Gasteiger partial charge in [-0.25, -0.2) is 4.79 Å². The predicted octanol–water partition coefficient (Wildman–Crippen LogP) is 3.39. The number of carbonyl (C=O) groups is 1. The third-order valence-corrected chi connectivity index (χ3v) is 4.16. The van der Waals surface area contributed by atoms with E-state index in [-0.39, 0.29) is 5.92 Å². The summed E-state index contributed by atoms with van der Waals surface area (Å²) in [5, 5.41) is 17.8. The van der Waals surface area contributed by atoms with Gasteiger partial charge in [0.05, 0.1) is 12.8 Å². The maximum absolute atomic E-state index is 12.2. The smallest absolute Gasteiger partial charge is 0.350 e. The number of ether oxygens (including phenoxy) is 2. The molecule has 1 heterocycles. The first-order valence-corrected chi connectivity index (χ1v) is 7.67. The van der Waals surface area contributed by atoms with Crippen LogP contribution < -0.4 is 0 Å². The van der Waals surface area contributed by atoms with E-state index in [0.29, 0.717) is 31.7 Å². The average Bonchev–Trinajstić information content (AvgIpc) is 2.58. The van der Waals surface area contributed by atoms with Crippen molar-refractivity contribution in [2.24, 2.45) is 16.1 Å². The Labute approximate surface area is 137 Å². The van der Waals surface area contributed by atoms with Gasteiger partial charge in [-0.1, -0.05) is 15.9 Å². The number of azo groups is 1. The van der Waals surface area contributed by atoms with Crippen molar-refractivity contribution < 1.29 is 14.3 Å². The number of halogens is 1. The van der Waals surface area contributed by atoms with Crippen LogP contribution in [0.4, 0.5) is 5.69 Å². The van der Waals surface area contributed by atoms with E-state index < -0.39 is 11.5 Å². The van der Waals surface area contributed by atoms with Crippen LogP contribution >= 0.6 is 15.9 Å². The Morgan fingerprint density at radius 3 is 2.59 bits per heavy atom. The zero-order valence-electron chi connectivity index (χ0n) is 12.2. The van der Waals surface area contributed by atoms with Crippen LogP contribution in [0.1, 0.15) is 12.8 Å². The molecule has 116 valence electrons. The van der Waals surface area contributed by atoms with E-state index in [0.717, 1.165) is 4.47 Å². The largest absolute Gasteiger partial charge is 0.466 e. The number of rotatable bonds is 4. The fourth-order valence-electron chi connectivity index (χ4n) is 2.36. The van der Waals surface area contributed by atoms with Crippen LogP contribution in [0.25, 0.3) is 0 Å². The Bertz CT molecular complexity index is 591. The molecule has 0 bridgehead atoms. The third-order valence-electron chi connectivity index (χ3n) is 3.63. The molecule has 1 aliphatic heterocycles. The summed E-state index contributed by atoms with van der Waals surface area (Å²) in [6, 6.07) is 9.14. The molecule has 1 atom stereocenters. The van der Waals surface area contributed by atoms with Crippen molar-refractivity contribution in [3.8, 4) is 6.07 Å². The summed E-state index contributed by atoms with van der Waals surface area (Å²) < 4.78 is 11.0. The minimum atomic E-state index is -1.62. The Balaban J connectivity index is 2.33. The highest BCUT2D eigenvalue weighted by molar-refractivity contribution is 9.10. The van der Waals surface area contributed by atoms with E-state index >= 15 is 0 Å². The fourth-order valence-corrected chi connectivity index (χ4v) is 2.63. The minimum absolute atomic E-state index is 0.266. The van der Waals surface area contributed by atoms with Crippen LogP contribution in [-0.2, 0) is 14.3 Å². The van der Waals surface area contributed by atoms with Crippen LogP contribution in [0, 0.1) is 17.2 Å².